The van der Waals surface area contributed by atoms with Crippen molar-refractivity contribution in [2.45, 2.75) is 13.8 Å². The number of hydrogen-bond acceptors (Lipinski definition) is 6. The molecule has 106 valence electrons. The number of aromatic nitrogens is 1. The summed E-state index contributed by atoms with van der Waals surface area (Å²) < 4.78 is 5.38. The molecule has 0 atom stereocenters. The van der Waals surface area contributed by atoms with E-state index in [-0.39, 0.29) is 18.2 Å². The molecule has 0 saturated carbocycles. The highest BCUT2D eigenvalue weighted by Gasteiger charge is 2.25. The number of anilines is 1. The van der Waals surface area contributed by atoms with E-state index in [9.17, 15) is 14.9 Å². The number of nitrogens with one attached hydrogen (secondary N) is 1. The number of carbonyl (C=O) groups is 1. The Labute approximate surface area is 114 Å². The molecule has 0 radical (unpaired) electrons. The lowest BCUT2D eigenvalue weighted by atomic mass is 9.93. The minimum Gasteiger partial charge on any atom is -0.424 e. The standard InChI is InChI=1S/C12H14N4O4/c1-12(2,10(13)17)6-14-11-15-8-5-7(16(18)19)3-4-9(8)20-11/h3-5H,6H2,1-2H3,(H2,13,17)(H,14,15). The third-order valence-electron chi connectivity index (χ3n) is 2.93. The average molecular weight is 278 g/mol. The zero-order chi connectivity index (χ0) is 14.9. The summed E-state index contributed by atoms with van der Waals surface area (Å²) >= 11 is 0. The zero-order valence-electron chi connectivity index (χ0n) is 11.0. The van der Waals surface area contributed by atoms with Gasteiger partial charge in [0.1, 0.15) is 5.52 Å². The molecule has 1 amide bonds. The Balaban J connectivity index is 2.20. The minimum absolute atomic E-state index is 0.0604. The van der Waals surface area contributed by atoms with E-state index in [2.05, 4.69) is 10.3 Å². The van der Waals surface area contributed by atoms with Crippen LogP contribution in [0.4, 0.5) is 11.7 Å². The van der Waals surface area contributed by atoms with Crippen molar-refractivity contribution < 1.29 is 14.1 Å². The fourth-order valence-corrected chi connectivity index (χ4v) is 1.49. The van der Waals surface area contributed by atoms with Crippen LogP contribution >= 0.6 is 0 Å². The molecule has 20 heavy (non-hydrogen) atoms. The number of amides is 1. The van der Waals surface area contributed by atoms with Crippen molar-refractivity contribution in [1.82, 2.24) is 4.98 Å². The lowest BCUT2D eigenvalue weighted by Crippen LogP contribution is -2.37. The Morgan fingerprint density at radius 2 is 2.25 bits per heavy atom. The van der Waals surface area contributed by atoms with Gasteiger partial charge in [-0.1, -0.05) is 0 Å². The van der Waals surface area contributed by atoms with Crippen LogP contribution in [0.25, 0.3) is 11.1 Å². The van der Waals surface area contributed by atoms with Crippen LogP contribution in [0.15, 0.2) is 22.6 Å². The molecule has 0 bridgehead atoms. The van der Waals surface area contributed by atoms with E-state index in [1.165, 1.54) is 18.2 Å². The molecular formula is C12H14N4O4. The number of nitrogens with two attached hydrogens (primary N) is 1. The SMILES string of the molecule is CC(C)(CNc1nc2cc([N+](=O)[O-])ccc2o1)C(N)=O. The third kappa shape index (κ3) is 2.68. The number of fused-ring (bicyclic) bond motifs is 1. The Morgan fingerprint density at radius 1 is 1.55 bits per heavy atom. The molecule has 0 aliphatic heterocycles. The van der Waals surface area contributed by atoms with Crippen LogP contribution in [-0.4, -0.2) is 22.4 Å². The molecule has 8 nitrogen and oxygen atoms in total. The molecule has 8 heteroatoms. The van der Waals surface area contributed by atoms with Gasteiger partial charge in [0.25, 0.3) is 11.7 Å². The van der Waals surface area contributed by atoms with Gasteiger partial charge in [-0.3, -0.25) is 14.9 Å². The Bertz CT molecular complexity index is 677. The first kappa shape index (κ1) is 13.8. The predicted molar refractivity (Wildman–Crippen MR) is 72.1 cm³/mol. The van der Waals surface area contributed by atoms with Crippen LogP contribution in [0.5, 0.6) is 0 Å². The summed E-state index contributed by atoms with van der Waals surface area (Å²) in [6.45, 7) is 3.63. The maximum atomic E-state index is 11.2. The van der Waals surface area contributed by atoms with Crippen molar-refractivity contribution >= 4 is 28.7 Å². The first-order chi connectivity index (χ1) is 9.29. The molecule has 0 spiro atoms. The second-order valence-electron chi connectivity index (χ2n) is 5.03. The summed E-state index contributed by atoms with van der Waals surface area (Å²) in [7, 11) is 0. The molecule has 2 aromatic rings. The summed E-state index contributed by atoms with van der Waals surface area (Å²) in [4.78, 5) is 25.4. The summed E-state index contributed by atoms with van der Waals surface area (Å²) in [5.74, 6) is -0.447. The number of hydrogen-bond donors (Lipinski definition) is 2. The van der Waals surface area contributed by atoms with Crippen LogP contribution in [0.1, 0.15) is 13.8 Å². The van der Waals surface area contributed by atoms with Gasteiger partial charge in [0.05, 0.1) is 10.3 Å². The highest BCUT2D eigenvalue weighted by molar-refractivity contribution is 5.81. The van der Waals surface area contributed by atoms with E-state index < -0.39 is 16.2 Å². The Morgan fingerprint density at radius 3 is 2.85 bits per heavy atom. The number of oxazole rings is 1. The van der Waals surface area contributed by atoms with E-state index >= 15 is 0 Å². The summed E-state index contributed by atoms with van der Waals surface area (Å²) in [5, 5.41) is 13.5. The van der Waals surface area contributed by atoms with Gasteiger partial charge in [0.15, 0.2) is 5.58 Å². The first-order valence-electron chi connectivity index (χ1n) is 5.88. The van der Waals surface area contributed by atoms with Crippen molar-refractivity contribution in [1.29, 1.82) is 0 Å². The van der Waals surface area contributed by atoms with Crippen molar-refractivity contribution in [3.05, 3.63) is 28.3 Å². The monoisotopic (exact) mass is 278 g/mol. The van der Waals surface area contributed by atoms with Crippen LogP contribution in [0, 0.1) is 15.5 Å². The summed E-state index contributed by atoms with van der Waals surface area (Å²) in [6.07, 6.45) is 0. The molecule has 0 aliphatic carbocycles. The van der Waals surface area contributed by atoms with Crippen LogP contribution in [0.2, 0.25) is 0 Å². The number of carbonyl (C=O) groups excluding carboxylic acids is 1. The maximum Gasteiger partial charge on any atom is 0.295 e. The van der Waals surface area contributed by atoms with Gasteiger partial charge in [-0.2, -0.15) is 4.98 Å². The van der Waals surface area contributed by atoms with Gasteiger partial charge in [-0.15, -0.1) is 0 Å². The Hall–Kier alpha value is -2.64. The van der Waals surface area contributed by atoms with E-state index in [0.717, 1.165) is 0 Å². The van der Waals surface area contributed by atoms with Gasteiger partial charge < -0.3 is 15.5 Å². The summed E-state index contributed by atoms with van der Waals surface area (Å²) in [6, 6.07) is 4.33. The third-order valence-corrected chi connectivity index (χ3v) is 2.93. The second kappa shape index (κ2) is 4.80. The minimum atomic E-state index is -0.757. The van der Waals surface area contributed by atoms with Crippen molar-refractivity contribution in [3.8, 4) is 0 Å². The van der Waals surface area contributed by atoms with Crippen molar-refractivity contribution in [2.24, 2.45) is 11.1 Å². The molecular weight excluding hydrogens is 264 g/mol. The number of rotatable bonds is 5. The van der Waals surface area contributed by atoms with Gasteiger partial charge in [0.2, 0.25) is 5.91 Å². The lowest BCUT2D eigenvalue weighted by Gasteiger charge is -2.19. The fourth-order valence-electron chi connectivity index (χ4n) is 1.49. The molecule has 3 N–H and O–H groups in total. The topological polar surface area (TPSA) is 124 Å². The molecule has 2 rings (SSSR count). The summed E-state index contributed by atoms with van der Waals surface area (Å²) in [5.41, 5.74) is 5.24. The van der Waals surface area contributed by atoms with E-state index in [1.54, 1.807) is 13.8 Å². The van der Waals surface area contributed by atoms with E-state index in [4.69, 9.17) is 10.2 Å². The first-order valence-corrected chi connectivity index (χ1v) is 5.88. The highest BCUT2D eigenvalue weighted by Crippen LogP contribution is 2.24. The smallest absolute Gasteiger partial charge is 0.295 e. The van der Waals surface area contributed by atoms with E-state index in [1.807, 2.05) is 0 Å². The average Bonchev–Trinajstić information content (AvgIpc) is 2.77. The predicted octanol–water partition coefficient (Wildman–Crippen LogP) is 1.66. The van der Waals surface area contributed by atoms with Crippen molar-refractivity contribution in [3.63, 3.8) is 0 Å². The van der Waals surface area contributed by atoms with Gasteiger partial charge in [-0.25, -0.2) is 0 Å². The Kier molecular flexibility index (Phi) is 3.31. The number of nitro groups is 1. The molecule has 1 aromatic carbocycles. The molecule has 1 aromatic heterocycles. The van der Waals surface area contributed by atoms with Gasteiger partial charge in [-0.05, 0) is 19.9 Å². The number of primary amides is 1. The molecule has 0 fully saturated rings. The van der Waals surface area contributed by atoms with Gasteiger partial charge >= 0.3 is 0 Å². The van der Waals surface area contributed by atoms with Crippen LogP contribution in [0.3, 0.4) is 0 Å². The highest BCUT2D eigenvalue weighted by atomic mass is 16.6. The van der Waals surface area contributed by atoms with E-state index in [0.29, 0.717) is 11.1 Å². The lowest BCUT2D eigenvalue weighted by molar-refractivity contribution is -0.384. The molecule has 0 unspecified atom stereocenters. The maximum absolute atomic E-state index is 11.2. The quantitative estimate of drug-likeness (QED) is 0.633. The van der Waals surface area contributed by atoms with Crippen LogP contribution < -0.4 is 11.1 Å². The van der Waals surface area contributed by atoms with Crippen LogP contribution in [-0.2, 0) is 4.79 Å². The number of benzene rings is 1. The number of nitrogens with zero attached hydrogens (tertiary/aromatic N) is 2. The number of nitro benzene ring substituents is 1. The molecule has 1 heterocycles. The fraction of sp³-hybridized carbons (Fsp3) is 0.333. The molecule has 0 aliphatic rings. The second-order valence-corrected chi connectivity index (χ2v) is 5.03. The molecule has 0 saturated heterocycles. The normalized spacial score (nSPS) is 11.5. The zero-order valence-corrected chi connectivity index (χ0v) is 11.0. The van der Waals surface area contributed by atoms with Crippen molar-refractivity contribution in [2.75, 3.05) is 11.9 Å². The largest absolute Gasteiger partial charge is 0.424 e. The number of non-ortho nitro benzene ring substituents is 1. The van der Waals surface area contributed by atoms with Gasteiger partial charge in [0, 0.05) is 18.7 Å².